The van der Waals surface area contributed by atoms with E-state index in [9.17, 15) is 18.0 Å². The molecular formula is C16H19NO6S. The van der Waals surface area contributed by atoms with E-state index in [-0.39, 0.29) is 35.8 Å². The second kappa shape index (κ2) is 7.35. The highest BCUT2D eigenvalue weighted by Gasteiger charge is 2.29. The first-order valence-corrected chi connectivity index (χ1v) is 9.02. The Labute approximate surface area is 140 Å². The number of rotatable bonds is 7. The third-order valence-corrected chi connectivity index (χ3v) is 4.94. The summed E-state index contributed by atoms with van der Waals surface area (Å²) in [5.74, 6) is -0.672. The molecule has 24 heavy (non-hydrogen) atoms. The van der Waals surface area contributed by atoms with Crippen LogP contribution < -0.4 is 0 Å². The molecule has 1 aliphatic carbocycles. The average Bonchev–Trinajstić information content (AvgIpc) is 2.55. The average molecular weight is 353 g/mol. The van der Waals surface area contributed by atoms with Crippen molar-refractivity contribution in [3.05, 3.63) is 47.0 Å². The smallest absolute Gasteiger partial charge is 0.211 e. The Morgan fingerprint density at radius 2 is 1.67 bits per heavy atom. The number of methoxy groups -OCH3 is 2. The summed E-state index contributed by atoms with van der Waals surface area (Å²) in [7, 11) is -0.852. The van der Waals surface area contributed by atoms with Gasteiger partial charge in [-0.3, -0.25) is 9.59 Å². The summed E-state index contributed by atoms with van der Waals surface area (Å²) in [6.45, 7) is -0.312. The Balaban J connectivity index is 2.30. The summed E-state index contributed by atoms with van der Waals surface area (Å²) in [5.41, 5.74) is 0.724. The second-order valence-electron chi connectivity index (χ2n) is 5.37. The minimum atomic E-state index is -3.63. The molecule has 0 aromatic heterocycles. The normalized spacial score (nSPS) is 15.0. The van der Waals surface area contributed by atoms with Gasteiger partial charge in [0.15, 0.2) is 17.9 Å². The zero-order valence-electron chi connectivity index (χ0n) is 13.7. The maximum Gasteiger partial charge on any atom is 0.211 e. The van der Waals surface area contributed by atoms with Crippen molar-refractivity contribution in [2.75, 3.05) is 33.6 Å². The van der Waals surface area contributed by atoms with E-state index in [0.717, 1.165) is 10.6 Å². The van der Waals surface area contributed by atoms with Gasteiger partial charge in [-0.25, -0.2) is 8.42 Å². The fourth-order valence-electron chi connectivity index (χ4n) is 2.41. The van der Waals surface area contributed by atoms with Crippen LogP contribution >= 0.6 is 0 Å². The van der Waals surface area contributed by atoms with Gasteiger partial charge in [-0.1, -0.05) is 24.3 Å². The predicted molar refractivity (Wildman–Crippen MR) is 87.4 cm³/mol. The van der Waals surface area contributed by atoms with Gasteiger partial charge in [-0.05, 0) is 6.08 Å². The fraction of sp³-hybridized carbons (Fsp3) is 0.375. The van der Waals surface area contributed by atoms with Crippen molar-refractivity contribution in [2.24, 2.45) is 0 Å². The SMILES string of the molecule is COC(CN(CC1=CC(=O)c2ccccc2C1=O)S(C)(=O)=O)OC. The molecule has 0 heterocycles. The van der Waals surface area contributed by atoms with Gasteiger partial charge in [-0.2, -0.15) is 4.31 Å². The first-order chi connectivity index (χ1) is 11.3. The van der Waals surface area contributed by atoms with Gasteiger partial charge in [0.1, 0.15) is 0 Å². The Kier molecular flexibility index (Phi) is 5.66. The van der Waals surface area contributed by atoms with E-state index in [0.29, 0.717) is 5.56 Å². The van der Waals surface area contributed by atoms with Crippen LogP contribution in [0.25, 0.3) is 0 Å². The molecule has 1 aromatic rings. The van der Waals surface area contributed by atoms with Crippen molar-refractivity contribution >= 4 is 21.6 Å². The Bertz CT molecular complexity index is 780. The minimum Gasteiger partial charge on any atom is -0.354 e. The summed E-state index contributed by atoms with van der Waals surface area (Å²) in [5, 5.41) is 0. The van der Waals surface area contributed by atoms with Crippen LogP contribution in [0.15, 0.2) is 35.9 Å². The standard InChI is InChI=1S/C16H19NO6S/c1-22-15(23-2)10-17(24(3,20)21)9-11-8-14(18)12-6-4-5-7-13(12)16(11)19/h4-8,15H,9-10H2,1-3H3. The number of ketones is 2. The van der Waals surface area contributed by atoms with Crippen molar-refractivity contribution < 1.29 is 27.5 Å². The number of ether oxygens (including phenoxy) is 2. The number of carbonyl (C=O) groups excluding carboxylic acids is 2. The highest BCUT2D eigenvalue weighted by Crippen LogP contribution is 2.22. The molecule has 1 aromatic carbocycles. The maximum atomic E-state index is 12.5. The van der Waals surface area contributed by atoms with Crippen LogP contribution in [0.2, 0.25) is 0 Å². The first kappa shape index (κ1) is 18.5. The molecule has 7 nitrogen and oxygen atoms in total. The molecule has 0 bridgehead atoms. The van der Waals surface area contributed by atoms with E-state index in [4.69, 9.17) is 9.47 Å². The van der Waals surface area contributed by atoms with E-state index in [2.05, 4.69) is 0 Å². The molecule has 0 N–H and O–H groups in total. The van der Waals surface area contributed by atoms with Crippen molar-refractivity contribution in [1.82, 2.24) is 4.31 Å². The van der Waals surface area contributed by atoms with E-state index >= 15 is 0 Å². The third-order valence-electron chi connectivity index (χ3n) is 3.73. The van der Waals surface area contributed by atoms with Gasteiger partial charge in [0.25, 0.3) is 0 Å². The van der Waals surface area contributed by atoms with E-state index in [1.807, 2.05) is 0 Å². The number of benzene rings is 1. The topological polar surface area (TPSA) is 90.0 Å². The molecule has 1 aliphatic rings. The number of hydrogen-bond donors (Lipinski definition) is 0. The van der Waals surface area contributed by atoms with Crippen LogP contribution in [0.5, 0.6) is 0 Å². The molecule has 0 unspecified atom stereocenters. The molecule has 0 spiro atoms. The molecule has 0 aliphatic heterocycles. The molecule has 0 saturated heterocycles. The van der Waals surface area contributed by atoms with Crippen molar-refractivity contribution in [3.8, 4) is 0 Å². The van der Waals surface area contributed by atoms with Gasteiger partial charge in [0, 0.05) is 37.5 Å². The minimum absolute atomic E-state index is 0.0910. The van der Waals surface area contributed by atoms with Gasteiger partial charge in [0.05, 0.1) is 12.8 Å². The number of fused-ring (bicyclic) bond motifs is 1. The van der Waals surface area contributed by atoms with Crippen LogP contribution in [0.3, 0.4) is 0 Å². The summed E-state index contributed by atoms with van der Waals surface area (Å²) >= 11 is 0. The van der Waals surface area contributed by atoms with Crippen molar-refractivity contribution in [2.45, 2.75) is 6.29 Å². The lowest BCUT2D eigenvalue weighted by Crippen LogP contribution is -2.41. The predicted octanol–water partition coefficient (Wildman–Crippen LogP) is 0.873. The summed E-state index contributed by atoms with van der Waals surface area (Å²) in [6.07, 6.45) is 1.44. The van der Waals surface area contributed by atoms with Gasteiger partial charge in [-0.15, -0.1) is 0 Å². The second-order valence-corrected chi connectivity index (χ2v) is 7.35. The van der Waals surface area contributed by atoms with Crippen molar-refractivity contribution in [3.63, 3.8) is 0 Å². The highest BCUT2D eigenvalue weighted by atomic mass is 32.2. The van der Waals surface area contributed by atoms with Crippen LogP contribution in [0, 0.1) is 0 Å². The Morgan fingerprint density at radius 3 is 2.21 bits per heavy atom. The molecule has 8 heteroatoms. The Hall–Kier alpha value is -1.87. The molecule has 130 valence electrons. The molecule has 2 rings (SSSR count). The zero-order chi connectivity index (χ0) is 17.9. The van der Waals surface area contributed by atoms with E-state index in [1.54, 1.807) is 24.3 Å². The molecule has 0 radical (unpaired) electrons. The largest absolute Gasteiger partial charge is 0.354 e. The molecular weight excluding hydrogens is 334 g/mol. The third kappa shape index (κ3) is 3.96. The quantitative estimate of drug-likeness (QED) is 0.676. The summed E-state index contributed by atoms with van der Waals surface area (Å²) in [4.78, 5) is 24.7. The number of nitrogens with zero attached hydrogens (tertiary/aromatic N) is 1. The van der Waals surface area contributed by atoms with E-state index < -0.39 is 16.3 Å². The number of Topliss-reactive ketones (excluding diaryl/α,β-unsaturated/α-hetero) is 1. The lowest BCUT2D eigenvalue weighted by atomic mass is 9.89. The van der Waals surface area contributed by atoms with Crippen LogP contribution in [-0.2, 0) is 19.5 Å². The molecule has 0 fully saturated rings. The number of allylic oxidation sites excluding steroid dienone is 1. The number of carbonyl (C=O) groups is 2. The maximum absolute atomic E-state index is 12.5. The fourth-order valence-corrected chi connectivity index (χ4v) is 3.17. The lowest BCUT2D eigenvalue weighted by Gasteiger charge is -2.25. The molecule has 0 atom stereocenters. The highest BCUT2D eigenvalue weighted by molar-refractivity contribution is 7.88. The lowest BCUT2D eigenvalue weighted by molar-refractivity contribution is -0.107. The van der Waals surface area contributed by atoms with Crippen molar-refractivity contribution in [1.29, 1.82) is 0 Å². The zero-order valence-corrected chi connectivity index (χ0v) is 14.5. The summed E-state index contributed by atoms with van der Waals surface area (Å²) < 4.78 is 35.1. The van der Waals surface area contributed by atoms with Gasteiger partial charge in [0.2, 0.25) is 10.0 Å². The van der Waals surface area contributed by atoms with Gasteiger partial charge >= 0.3 is 0 Å². The Morgan fingerprint density at radius 1 is 1.08 bits per heavy atom. The van der Waals surface area contributed by atoms with Crippen LogP contribution in [0.1, 0.15) is 20.7 Å². The van der Waals surface area contributed by atoms with E-state index in [1.165, 1.54) is 20.3 Å². The monoisotopic (exact) mass is 353 g/mol. The van der Waals surface area contributed by atoms with Gasteiger partial charge < -0.3 is 9.47 Å². The summed E-state index contributed by atoms with van der Waals surface area (Å²) in [6, 6.07) is 6.46. The van der Waals surface area contributed by atoms with Crippen LogP contribution in [-0.4, -0.2) is 64.1 Å². The molecule has 0 saturated carbocycles. The molecule has 0 amide bonds. The number of hydrogen-bond acceptors (Lipinski definition) is 6. The van der Waals surface area contributed by atoms with Crippen LogP contribution in [0.4, 0.5) is 0 Å². The first-order valence-electron chi connectivity index (χ1n) is 7.17. The number of sulfonamides is 1.